The SMILES string of the molecule is Cc1ccc2ncccc2c1CCNc1cc(Cl)ncn1. The van der Waals surface area contributed by atoms with Gasteiger partial charge in [0.05, 0.1) is 5.52 Å². The van der Waals surface area contributed by atoms with E-state index in [4.69, 9.17) is 11.6 Å². The summed E-state index contributed by atoms with van der Waals surface area (Å²) in [6, 6.07) is 9.99. The zero-order chi connectivity index (χ0) is 14.7. The first-order chi connectivity index (χ1) is 10.2. The van der Waals surface area contributed by atoms with Crippen LogP contribution >= 0.6 is 11.6 Å². The molecule has 0 amide bonds. The Kier molecular flexibility index (Phi) is 3.97. The lowest BCUT2D eigenvalue weighted by Gasteiger charge is -2.11. The molecule has 4 nitrogen and oxygen atoms in total. The number of hydrogen-bond acceptors (Lipinski definition) is 4. The first kappa shape index (κ1) is 13.8. The van der Waals surface area contributed by atoms with Crippen LogP contribution in [0.15, 0.2) is 42.9 Å². The lowest BCUT2D eigenvalue weighted by Crippen LogP contribution is -2.08. The monoisotopic (exact) mass is 298 g/mol. The third-order valence-corrected chi connectivity index (χ3v) is 3.65. The molecule has 106 valence electrons. The van der Waals surface area contributed by atoms with E-state index < -0.39 is 0 Å². The van der Waals surface area contributed by atoms with E-state index in [0.717, 1.165) is 24.3 Å². The van der Waals surface area contributed by atoms with Gasteiger partial charge in [-0.15, -0.1) is 0 Å². The molecule has 0 aliphatic heterocycles. The van der Waals surface area contributed by atoms with E-state index in [9.17, 15) is 0 Å². The Balaban J connectivity index is 1.77. The van der Waals surface area contributed by atoms with Crippen LogP contribution < -0.4 is 5.32 Å². The molecule has 1 aromatic carbocycles. The van der Waals surface area contributed by atoms with Crippen molar-refractivity contribution in [1.29, 1.82) is 0 Å². The van der Waals surface area contributed by atoms with Crippen LogP contribution in [-0.4, -0.2) is 21.5 Å². The maximum atomic E-state index is 5.84. The molecular formula is C16H15ClN4. The quantitative estimate of drug-likeness (QED) is 0.747. The van der Waals surface area contributed by atoms with E-state index in [0.29, 0.717) is 5.15 Å². The molecule has 21 heavy (non-hydrogen) atoms. The van der Waals surface area contributed by atoms with Crippen LogP contribution in [0.3, 0.4) is 0 Å². The summed E-state index contributed by atoms with van der Waals surface area (Å²) >= 11 is 5.84. The Labute approximate surface area is 128 Å². The molecule has 2 heterocycles. The molecule has 0 saturated heterocycles. The third kappa shape index (κ3) is 3.11. The van der Waals surface area contributed by atoms with Gasteiger partial charge in [-0.25, -0.2) is 9.97 Å². The normalized spacial score (nSPS) is 10.8. The van der Waals surface area contributed by atoms with E-state index in [-0.39, 0.29) is 0 Å². The summed E-state index contributed by atoms with van der Waals surface area (Å²) < 4.78 is 0. The van der Waals surface area contributed by atoms with Crippen molar-refractivity contribution in [2.24, 2.45) is 0 Å². The van der Waals surface area contributed by atoms with E-state index in [2.05, 4.69) is 45.4 Å². The summed E-state index contributed by atoms with van der Waals surface area (Å²) in [4.78, 5) is 12.4. The minimum Gasteiger partial charge on any atom is -0.370 e. The number of aromatic nitrogens is 3. The molecule has 0 aliphatic rings. The van der Waals surface area contributed by atoms with Gasteiger partial charge in [-0.05, 0) is 36.6 Å². The maximum Gasteiger partial charge on any atom is 0.134 e. The van der Waals surface area contributed by atoms with Crippen LogP contribution in [0.25, 0.3) is 10.9 Å². The molecule has 0 radical (unpaired) electrons. The molecule has 0 bridgehead atoms. The molecule has 5 heteroatoms. The number of pyridine rings is 1. The van der Waals surface area contributed by atoms with E-state index in [1.165, 1.54) is 22.8 Å². The standard InChI is InChI=1S/C16H15ClN4/c1-11-4-5-14-13(3-2-7-18-14)12(11)6-8-19-16-9-15(17)20-10-21-16/h2-5,7,9-10H,6,8H2,1H3,(H,19,20,21). The van der Waals surface area contributed by atoms with Gasteiger partial charge in [0, 0.05) is 24.2 Å². The summed E-state index contributed by atoms with van der Waals surface area (Å²) in [5.41, 5.74) is 3.62. The number of rotatable bonds is 4. The molecule has 1 N–H and O–H groups in total. The van der Waals surface area contributed by atoms with Crippen LogP contribution in [0.1, 0.15) is 11.1 Å². The van der Waals surface area contributed by atoms with Gasteiger partial charge in [-0.2, -0.15) is 0 Å². The van der Waals surface area contributed by atoms with Crippen molar-refractivity contribution >= 4 is 28.3 Å². The second-order valence-electron chi connectivity index (χ2n) is 4.83. The molecule has 0 saturated carbocycles. The van der Waals surface area contributed by atoms with Gasteiger partial charge < -0.3 is 5.32 Å². The molecule has 3 aromatic rings. The average Bonchev–Trinajstić information content (AvgIpc) is 2.50. The fourth-order valence-corrected chi connectivity index (χ4v) is 2.55. The molecule has 0 atom stereocenters. The van der Waals surface area contributed by atoms with Crippen LogP contribution in [-0.2, 0) is 6.42 Å². The fourth-order valence-electron chi connectivity index (χ4n) is 2.40. The lowest BCUT2D eigenvalue weighted by atomic mass is 10.00. The smallest absolute Gasteiger partial charge is 0.134 e. The summed E-state index contributed by atoms with van der Waals surface area (Å²) in [6.07, 6.45) is 4.18. The first-order valence-corrected chi connectivity index (χ1v) is 7.16. The van der Waals surface area contributed by atoms with Crippen molar-refractivity contribution < 1.29 is 0 Å². The Hall–Kier alpha value is -2.20. The van der Waals surface area contributed by atoms with Gasteiger partial charge in [0.15, 0.2) is 0 Å². The molecular weight excluding hydrogens is 284 g/mol. The first-order valence-electron chi connectivity index (χ1n) is 6.78. The van der Waals surface area contributed by atoms with E-state index in [1.54, 1.807) is 6.07 Å². The van der Waals surface area contributed by atoms with Crippen molar-refractivity contribution in [1.82, 2.24) is 15.0 Å². The Morgan fingerprint density at radius 3 is 2.90 bits per heavy atom. The topological polar surface area (TPSA) is 50.7 Å². The average molecular weight is 299 g/mol. The lowest BCUT2D eigenvalue weighted by molar-refractivity contribution is 0.996. The highest BCUT2D eigenvalue weighted by atomic mass is 35.5. The summed E-state index contributed by atoms with van der Waals surface area (Å²) in [6.45, 7) is 2.91. The Morgan fingerprint density at radius 1 is 1.14 bits per heavy atom. The summed E-state index contributed by atoms with van der Waals surface area (Å²) in [7, 11) is 0. The molecule has 0 unspecified atom stereocenters. The van der Waals surface area contributed by atoms with Crippen molar-refractivity contribution in [3.63, 3.8) is 0 Å². The Morgan fingerprint density at radius 2 is 2.05 bits per heavy atom. The molecule has 2 aromatic heterocycles. The van der Waals surface area contributed by atoms with Gasteiger partial charge in [-0.1, -0.05) is 23.7 Å². The summed E-state index contributed by atoms with van der Waals surface area (Å²) in [5.74, 6) is 0.742. The van der Waals surface area contributed by atoms with Crippen molar-refractivity contribution in [2.45, 2.75) is 13.3 Å². The highest BCUT2D eigenvalue weighted by Crippen LogP contribution is 2.21. The minimum absolute atomic E-state index is 0.443. The van der Waals surface area contributed by atoms with Crippen molar-refractivity contribution in [2.75, 3.05) is 11.9 Å². The summed E-state index contributed by atoms with van der Waals surface area (Å²) in [5, 5.41) is 4.92. The largest absolute Gasteiger partial charge is 0.370 e. The van der Waals surface area contributed by atoms with Crippen molar-refractivity contribution in [3.8, 4) is 0 Å². The van der Waals surface area contributed by atoms with Gasteiger partial charge >= 0.3 is 0 Å². The fraction of sp³-hybridized carbons (Fsp3) is 0.188. The zero-order valence-electron chi connectivity index (χ0n) is 11.7. The van der Waals surface area contributed by atoms with Gasteiger partial charge in [0.2, 0.25) is 0 Å². The Bertz CT molecular complexity index is 773. The molecule has 0 fully saturated rings. The molecule has 3 rings (SSSR count). The van der Waals surface area contributed by atoms with Gasteiger partial charge in [0.1, 0.15) is 17.3 Å². The number of nitrogens with zero attached hydrogens (tertiary/aromatic N) is 3. The number of aryl methyl sites for hydroxylation is 1. The second kappa shape index (κ2) is 6.06. The second-order valence-corrected chi connectivity index (χ2v) is 5.22. The van der Waals surface area contributed by atoms with Crippen molar-refractivity contribution in [3.05, 3.63) is 59.1 Å². The third-order valence-electron chi connectivity index (χ3n) is 3.45. The van der Waals surface area contributed by atoms with Gasteiger partial charge in [-0.3, -0.25) is 4.98 Å². The number of anilines is 1. The van der Waals surface area contributed by atoms with Gasteiger partial charge in [0.25, 0.3) is 0 Å². The number of nitrogens with one attached hydrogen (secondary N) is 1. The van der Waals surface area contributed by atoms with E-state index >= 15 is 0 Å². The minimum atomic E-state index is 0.443. The van der Waals surface area contributed by atoms with Crippen LogP contribution in [0.4, 0.5) is 5.82 Å². The zero-order valence-corrected chi connectivity index (χ0v) is 12.4. The van der Waals surface area contributed by atoms with E-state index in [1.807, 2.05) is 12.3 Å². The number of hydrogen-bond donors (Lipinski definition) is 1. The van der Waals surface area contributed by atoms with Crippen LogP contribution in [0, 0.1) is 6.92 Å². The highest BCUT2D eigenvalue weighted by molar-refractivity contribution is 6.29. The van der Waals surface area contributed by atoms with Crippen LogP contribution in [0.5, 0.6) is 0 Å². The highest BCUT2D eigenvalue weighted by Gasteiger charge is 2.05. The predicted octanol–water partition coefficient (Wildman–Crippen LogP) is 3.64. The number of benzene rings is 1. The molecule has 0 spiro atoms. The molecule has 0 aliphatic carbocycles. The maximum absolute atomic E-state index is 5.84. The van der Waals surface area contributed by atoms with Crippen LogP contribution in [0.2, 0.25) is 5.15 Å². The number of fused-ring (bicyclic) bond motifs is 1. The number of halogens is 1. The predicted molar refractivity (Wildman–Crippen MR) is 85.7 cm³/mol.